The lowest BCUT2D eigenvalue weighted by Gasteiger charge is -2.30. The summed E-state index contributed by atoms with van der Waals surface area (Å²) in [7, 11) is 3.95. The zero-order chi connectivity index (χ0) is 22.3. The van der Waals surface area contributed by atoms with Gasteiger partial charge in [0.05, 0.1) is 11.8 Å². The van der Waals surface area contributed by atoms with Gasteiger partial charge in [-0.25, -0.2) is 9.97 Å². The molecule has 1 N–H and O–H groups in total. The van der Waals surface area contributed by atoms with Crippen molar-refractivity contribution in [2.45, 2.75) is 63.4 Å². The minimum absolute atomic E-state index is 0.161. The van der Waals surface area contributed by atoms with Gasteiger partial charge in [0.2, 0.25) is 11.9 Å². The van der Waals surface area contributed by atoms with Gasteiger partial charge < -0.3 is 15.0 Å². The van der Waals surface area contributed by atoms with E-state index in [4.69, 9.17) is 9.72 Å². The molecule has 2 aliphatic rings. The maximum absolute atomic E-state index is 12.2. The fourth-order valence-corrected chi connectivity index (χ4v) is 4.82. The molecule has 1 aliphatic carbocycles. The highest BCUT2D eigenvalue weighted by atomic mass is 16.5. The Morgan fingerprint density at radius 2 is 1.94 bits per heavy atom. The summed E-state index contributed by atoms with van der Waals surface area (Å²) in [6, 6.07) is 4.05. The summed E-state index contributed by atoms with van der Waals surface area (Å²) in [6.45, 7) is 1.63. The number of anilines is 1. The molecule has 1 amide bonds. The third kappa shape index (κ3) is 5.82. The first-order chi connectivity index (χ1) is 15.6. The molecular formula is C25H35N5O2. The number of ether oxygens (including phenoxy) is 1. The Kier molecular flexibility index (Phi) is 7.68. The van der Waals surface area contributed by atoms with Crippen LogP contribution in [-0.4, -0.2) is 54.2 Å². The van der Waals surface area contributed by atoms with Crippen molar-refractivity contribution in [1.82, 2.24) is 20.3 Å². The van der Waals surface area contributed by atoms with Crippen LogP contribution in [0.5, 0.6) is 0 Å². The summed E-state index contributed by atoms with van der Waals surface area (Å²) in [5.41, 5.74) is 3.35. The number of hydrogen-bond acceptors (Lipinski definition) is 6. The van der Waals surface area contributed by atoms with Gasteiger partial charge in [-0.2, -0.15) is 0 Å². The van der Waals surface area contributed by atoms with E-state index in [1.54, 1.807) is 0 Å². The van der Waals surface area contributed by atoms with Crippen LogP contribution in [0.1, 0.15) is 63.0 Å². The Bertz CT molecular complexity index is 875. The predicted octanol–water partition coefficient (Wildman–Crippen LogP) is 3.95. The molecule has 2 aromatic heterocycles. The van der Waals surface area contributed by atoms with Crippen LogP contribution >= 0.6 is 0 Å². The van der Waals surface area contributed by atoms with E-state index < -0.39 is 0 Å². The molecule has 3 heterocycles. The molecule has 172 valence electrons. The Balaban J connectivity index is 1.33. The monoisotopic (exact) mass is 437 g/mol. The first-order valence-electron chi connectivity index (χ1n) is 11.9. The molecule has 0 bridgehead atoms. The quantitative estimate of drug-likeness (QED) is 0.673. The maximum Gasteiger partial charge on any atom is 0.225 e. The number of carbonyl (C=O) groups excluding carboxylic acids is 1. The molecular weight excluding hydrogens is 402 g/mol. The van der Waals surface area contributed by atoms with E-state index in [-0.39, 0.29) is 12.0 Å². The fourth-order valence-electron chi connectivity index (χ4n) is 4.82. The molecule has 7 heteroatoms. The highest BCUT2D eigenvalue weighted by molar-refractivity contribution is 5.75. The number of nitrogens with one attached hydrogen (secondary N) is 1. The summed E-state index contributed by atoms with van der Waals surface area (Å²) in [5.74, 6) is 1.86. The van der Waals surface area contributed by atoms with Gasteiger partial charge in [-0.15, -0.1) is 0 Å². The molecule has 1 aliphatic heterocycles. The van der Waals surface area contributed by atoms with Crippen LogP contribution in [0.3, 0.4) is 0 Å². The van der Waals surface area contributed by atoms with Gasteiger partial charge in [0.15, 0.2) is 0 Å². The SMILES string of the molecule is CN(C)c1ncc(-c2ccncc2)c(C2CCC(CNC(=O)CC[C@@H]3CCCO3)CC2)n1. The van der Waals surface area contributed by atoms with Crippen LogP contribution in [0, 0.1) is 5.92 Å². The first-order valence-corrected chi connectivity index (χ1v) is 11.9. The number of hydrogen-bond donors (Lipinski definition) is 1. The first kappa shape index (κ1) is 22.6. The van der Waals surface area contributed by atoms with Crippen molar-refractivity contribution < 1.29 is 9.53 Å². The highest BCUT2D eigenvalue weighted by Crippen LogP contribution is 2.39. The van der Waals surface area contributed by atoms with Crippen LogP contribution in [0.4, 0.5) is 5.95 Å². The van der Waals surface area contributed by atoms with Gasteiger partial charge in [0.1, 0.15) is 0 Å². The second kappa shape index (κ2) is 10.9. The number of amides is 1. The van der Waals surface area contributed by atoms with Crippen LogP contribution in [-0.2, 0) is 9.53 Å². The lowest BCUT2D eigenvalue weighted by molar-refractivity contribution is -0.121. The van der Waals surface area contributed by atoms with Gasteiger partial charge in [-0.3, -0.25) is 9.78 Å². The van der Waals surface area contributed by atoms with Crippen LogP contribution in [0.2, 0.25) is 0 Å². The summed E-state index contributed by atoms with van der Waals surface area (Å²) in [5, 5.41) is 3.16. The summed E-state index contributed by atoms with van der Waals surface area (Å²) >= 11 is 0. The molecule has 2 fully saturated rings. The van der Waals surface area contributed by atoms with Gasteiger partial charge in [0.25, 0.3) is 0 Å². The zero-order valence-corrected chi connectivity index (χ0v) is 19.3. The van der Waals surface area contributed by atoms with Crippen molar-refractivity contribution in [2.75, 3.05) is 32.1 Å². The molecule has 32 heavy (non-hydrogen) atoms. The topological polar surface area (TPSA) is 80.2 Å². The molecule has 0 aromatic carbocycles. The Morgan fingerprint density at radius 3 is 2.62 bits per heavy atom. The predicted molar refractivity (Wildman–Crippen MR) is 126 cm³/mol. The summed E-state index contributed by atoms with van der Waals surface area (Å²) < 4.78 is 5.62. The van der Waals surface area contributed by atoms with Gasteiger partial charge in [-0.05, 0) is 68.6 Å². The van der Waals surface area contributed by atoms with E-state index in [0.29, 0.717) is 18.3 Å². The van der Waals surface area contributed by atoms with E-state index in [1.165, 1.54) is 0 Å². The third-order valence-electron chi connectivity index (χ3n) is 6.74. The van der Waals surface area contributed by atoms with E-state index in [9.17, 15) is 4.79 Å². The van der Waals surface area contributed by atoms with E-state index in [0.717, 1.165) is 80.9 Å². The Labute approximate surface area is 191 Å². The van der Waals surface area contributed by atoms with Crippen molar-refractivity contribution >= 4 is 11.9 Å². The molecule has 7 nitrogen and oxygen atoms in total. The zero-order valence-electron chi connectivity index (χ0n) is 19.3. The van der Waals surface area contributed by atoms with Crippen molar-refractivity contribution in [2.24, 2.45) is 5.92 Å². The second-order valence-electron chi connectivity index (χ2n) is 9.29. The fraction of sp³-hybridized carbons (Fsp3) is 0.600. The lowest BCUT2D eigenvalue weighted by atomic mass is 9.79. The normalized spacial score (nSPS) is 23.1. The molecule has 1 saturated carbocycles. The van der Waals surface area contributed by atoms with Crippen molar-refractivity contribution in [1.29, 1.82) is 0 Å². The third-order valence-corrected chi connectivity index (χ3v) is 6.74. The number of aromatic nitrogens is 3. The van der Waals surface area contributed by atoms with Crippen molar-refractivity contribution in [3.8, 4) is 11.1 Å². The van der Waals surface area contributed by atoms with Gasteiger partial charge in [0, 0.05) is 63.7 Å². The van der Waals surface area contributed by atoms with Gasteiger partial charge >= 0.3 is 0 Å². The number of rotatable bonds is 8. The molecule has 4 rings (SSSR count). The Hall–Kier alpha value is -2.54. The lowest BCUT2D eigenvalue weighted by Crippen LogP contribution is -2.31. The summed E-state index contributed by atoms with van der Waals surface area (Å²) in [4.78, 5) is 27.8. The molecule has 1 atom stereocenters. The van der Waals surface area contributed by atoms with Crippen LogP contribution in [0.25, 0.3) is 11.1 Å². The van der Waals surface area contributed by atoms with E-state index in [1.807, 2.05) is 49.7 Å². The largest absolute Gasteiger partial charge is 0.378 e. The second-order valence-corrected chi connectivity index (χ2v) is 9.29. The standard InChI is InChI=1S/C25H35N5O2/c1-30(2)25-28-17-22(19-11-13-26-14-12-19)24(29-25)20-7-5-18(6-8-20)16-27-23(31)10-9-21-4-3-15-32-21/h11-14,17-18,20-21H,3-10,15-16H2,1-2H3,(H,27,31)/t18?,20?,21-/m0/s1. The average Bonchev–Trinajstić information content (AvgIpc) is 3.36. The summed E-state index contributed by atoms with van der Waals surface area (Å²) in [6.07, 6.45) is 13.9. The molecule has 0 spiro atoms. The van der Waals surface area contributed by atoms with Gasteiger partial charge in [-0.1, -0.05) is 0 Å². The number of pyridine rings is 1. The van der Waals surface area contributed by atoms with Crippen LogP contribution in [0.15, 0.2) is 30.7 Å². The highest BCUT2D eigenvalue weighted by Gasteiger charge is 2.27. The smallest absolute Gasteiger partial charge is 0.225 e. The number of carbonyl (C=O) groups is 1. The van der Waals surface area contributed by atoms with Crippen LogP contribution < -0.4 is 10.2 Å². The number of nitrogens with zero attached hydrogens (tertiary/aromatic N) is 4. The maximum atomic E-state index is 12.2. The Morgan fingerprint density at radius 1 is 1.16 bits per heavy atom. The van der Waals surface area contributed by atoms with E-state index in [2.05, 4.69) is 15.3 Å². The molecule has 1 saturated heterocycles. The minimum atomic E-state index is 0.161. The van der Waals surface area contributed by atoms with Crippen molar-refractivity contribution in [3.63, 3.8) is 0 Å². The molecule has 0 radical (unpaired) electrons. The minimum Gasteiger partial charge on any atom is -0.378 e. The average molecular weight is 438 g/mol. The van der Waals surface area contributed by atoms with Crippen molar-refractivity contribution in [3.05, 3.63) is 36.4 Å². The van der Waals surface area contributed by atoms with E-state index >= 15 is 0 Å². The molecule has 2 aromatic rings. The molecule has 0 unspecified atom stereocenters.